The Labute approximate surface area is 97.9 Å². The number of fused-ring (bicyclic) bond motifs is 1. The van der Waals surface area contributed by atoms with Crippen LogP contribution in [0.15, 0.2) is 42.9 Å². The second-order valence-electron chi connectivity index (χ2n) is 3.73. The first-order valence-electron chi connectivity index (χ1n) is 5.32. The fraction of sp³-hybridized carbons (Fsp3) is 0.0833. The quantitative estimate of drug-likeness (QED) is 0.712. The third-order valence-corrected chi connectivity index (χ3v) is 2.65. The maximum Gasteiger partial charge on any atom is 0.168 e. The van der Waals surface area contributed by atoms with E-state index in [2.05, 4.69) is 15.2 Å². The van der Waals surface area contributed by atoms with Gasteiger partial charge in [0.25, 0.3) is 0 Å². The molecular formula is C12H11N5. The summed E-state index contributed by atoms with van der Waals surface area (Å²) in [4.78, 5) is 3.99. The van der Waals surface area contributed by atoms with Crippen LogP contribution in [0, 0.1) is 0 Å². The molecule has 0 aliphatic rings. The SMILES string of the molecule is NCc1ccn2c(-c3ccncc3)nnc2c1. The molecule has 2 N–H and O–H groups in total. The number of nitrogens with zero attached hydrogens (tertiary/aromatic N) is 4. The highest BCUT2D eigenvalue weighted by Crippen LogP contribution is 2.17. The third-order valence-electron chi connectivity index (χ3n) is 2.65. The van der Waals surface area contributed by atoms with E-state index >= 15 is 0 Å². The van der Waals surface area contributed by atoms with Crippen LogP contribution in [0.25, 0.3) is 17.0 Å². The Morgan fingerprint density at radius 2 is 1.94 bits per heavy atom. The van der Waals surface area contributed by atoms with E-state index in [1.54, 1.807) is 12.4 Å². The molecule has 0 saturated carbocycles. The summed E-state index contributed by atoms with van der Waals surface area (Å²) in [6.07, 6.45) is 5.42. The first-order chi connectivity index (χ1) is 8.38. The molecule has 0 bridgehead atoms. The van der Waals surface area contributed by atoms with Crippen molar-refractivity contribution in [3.8, 4) is 11.4 Å². The summed E-state index contributed by atoms with van der Waals surface area (Å²) in [5.41, 5.74) is 8.44. The van der Waals surface area contributed by atoms with Gasteiger partial charge in [0, 0.05) is 30.7 Å². The van der Waals surface area contributed by atoms with Crippen molar-refractivity contribution in [3.63, 3.8) is 0 Å². The van der Waals surface area contributed by atoms with E-state index in [-0.39, 0.29) is 0 Å². The summed E-state index contributed by atoms with van der Waals surface area (Å²) < 4.78 is 1.94. The maximum absolute atomic E-state index is 5.59. The van der Waals surface area contributed by atoms with Gasteiger partial charge in [-0.05, 0) is 29.8 Å². The molecule has 3 aromatic rings. The number of hydrogen-bond donors (Lipinski definition) is 1. The first-order valence-corrected chi connectivity index (χ1v) is 5.32. The van der Waals surface area contributed by atoms with Crippen LogP contribution in [-0.4, -0.2) is 19.6 Å². The number of pyridine rings is 2. The van der Waals surface area contributed by atoms with Crippen LogP contribution in [0.4, 0.5) is 0 Å². The van der Waals surface area contributed by atoms with Crippen LogP contribution < -0.4 is 5.73 Å². The zero-order chi connectivity index (χ0) is 11.7. The predicted octanol–water partition coefficient (Wildman–Crippen LogP) is 1.25. The van der Waals surface area contributed by atoms with E-state index in [9.17, 15) is 0 Å². The molecule has 3 aromatic heterocycles. The van der Waals surface area contributed by atoms with Crippen molar-refractivity contribution in [2.45, 2.75) is 6.54 Å². The van der Waals surface area contributed by atoms with Gasteiger partial charge in [-0.25, -0.2) is 0 Å². The molecule has 0 spiro atoms. The van der Waals surface area contributed by atoms with Gasteiger partial charge in [-0.1, -0.05) is 0 Å². The second-order valence-corrected chi connectivity index (χ2v) is 3.73. The molecule has 84 valence electrons. The highest BCUT2D eigenvalue weighted by molar-refractivity contribution is 5.59. The van der Waals surface area contributed by atoms with E-state index < -0.39 is 0 Å². The first kappa shape index (κ1) is 9.92. The summed E-state index contributed by atoms with van der Waals surface area (Å²) >= 11 is 0. The average molecular weight is 225 g/mol. The topological polar surface area (TPSA) is 69.1 Å². The zero-order valence-electron chi connectivity index (χ0n) is 9.11. The highest BCUT2D eigenvalue weighted by Gasteiger charge is 2.07. The molecular weight excluding hydrogens is 214 g/mol. The summed E-state index contributed by atoms with van der Waals surface area (Å²) in [5.74, 6) is 0.811. The third kappa shape index (κ3) is 1.66. The Morgan fingerprint density at radius 1 is 1.12 bits per heavy atom. The van der Waals surface area contributed by atoms with Crippen molar-refractivity contribution in [1.29, 1.82) is 0 Å². The van der Waals surface area contributed by atoms with E-state index in [0.29, 0.717) is 6.54 Å². The molecule has 0 fully saturated rings. The Kier molecular flexibility index (Phi) is 2.31. The maximum atomic E-state index is 5.59. The second kappa shape index (κ2) is 3.95. The number of aromatic nitrogens is 4. The molecule has 17 heavy (non-hydrogen) atoms. The van der Waals surface area contributed by atoms with Gasteiger partial charge in [-0.2, -0.15) is 0 Å². The van der Waals surface area contributed by atoms with Crippen molar-refractivity contribution in [3.05, 3.63) is 48.4 Å². The van der Waals surface area contributed by atoms with Gasteiger partial charge in [-0.3, -0.25) is 9.38 Å². The van der Waals surface area contributed by atoms with Gasteiger partial charge < -0.3 is 5.73 Å². The fourth-order valence-electron chi connectivity index (χ4n) is 1.76. The number of nitrogens with two attached hydrogens (primary N) is 1. The molecule has 0 aliphatic carbocycles. The lowest BCUT2D eigenvalue weighted by molar-refractivity contribution is 1.05. The average Bonchev–Trinajstić information content (AvgIpc) is 2.82. The van der Waals surface area contributed by atoms with Gasteiger partial charge in [0.2, 0.25) is 0 Å². The Bertz CT molecular complexity index is 644. The molecule has 0 amide bonds. The molecule has 3 rings (SSSR count). The van der Waals surface area contributed by atoms with Crippen molar-refractivity contribution >= 4 is 5.65 Å². The largest absolute Gasteiger partial charge is 0.326 e. The van der Waals surface area contributed by atoms with Crippen LogP contribution in [-0.2, 0) is 6.54 Å². The molecule has 5 nitrogen and oxygen atoms in total. The van der Waals surface area contributed by atoms with Gasteiger partial charge in [0.1, 0.15) is 0 Å². The predicted molar refractivity (Wildman–Crippen MR) is 64.1 cm³/mol. The van der Waals surface area contributed by atoms with E-state index in [4.69, 9.17) is 5.73 Å². The van der Waals surface area contributed by atoms with Crippen LogP contribution in [0.1, 0.15) is 5.56 Å². The van der Waals surface area contributed by atoms with E-state index in [1.165, 1.54) is 0 Å². The number of rotatable bonds is 2. The molecule has 0 saturated heterocycles. The minimum absolute atomic E-state index is 0.508. The molecule has 0 atom stereocenters. The summed E-state index contributed by atoms with van der Waals surface area (Å²) in [7, 11) is 0. The van der Waals surface area contributed by atoms with Crippen LogP contribution in [0.3, 0.4) is 0 Å². The summed E-state index contributed by atoms with van der Waals surface area (Å²) in [5, 5.41) is 8.33. The summed E-state index contributed by atoms with van der Waals surface area (Å²) in [6, 6.07) is 7.74. The lowest BCUT2D eigenvalue weighted by atomic mass is 10.2. The lowest BCUT2D eigenvalue weighted by Crippen LogP contribution is -1.97. The van der Waals surface area contributed by atoms with Crippen molar-refractivity contribution in [2.24, 2.45) is 5.73 Å². The smallest absolute Gasteiger partial charge is 0.168 e. The fourth-order valence-corrected chi connectivity index (χ4v) is 1.76. The van der Waals surface area contributed by atoms with Crippen LogP contribution >= 0.6 is 0 Å². The minimum atomic E-state index is 0.508. The van der Waals surface area contributed by atoms with Gasteiger partial charge in [0.15, 0.2) is 11.5 Å². The molecule has 3 heterocycles. The number of hydrogen-bond acceptors (Lipinski definition) is 4. The zero-order valence-corrected chi connectivity index (χ0v) is 9.11. The van der Waals surface area contributed by atoms with Gasteiger partial charge in [0.05, 0.1) is 0 Å². The Hall–Kier alpha value is -2.27. The van der Waals surface area contributed by atoms with E-state index in [1.807, 2.05) is 34.9 Å². The summed E-state index contributed by atoms with van der Waals surface area (Å²) in [6.45, 7) is 0.508. The standard InChI is InChI=1S/C12H11N5/c13-8-9-3-6-17-11(7-9)15-16-12(17)10-1-4-14-5-2-10/h1-7H,8,13H2. The monoisotopic (exact) mass is 225 g/mol. The van der Waals surface area contributed by atoms with Crippen molar-refractivity contribution in [1.82, 2.24) is 19.6 Å². The normalized spacial score (nSPS) is 10.9. The highest BCUT2D eigenvalue weighted by atomic mass is 15.2. The molecule has 0 aliphatic heterocycles. The Balaban J connectivity index is 2.19. The Morgan fingerprint density at radius 3 is 2.71 bits per heavy atom. The van der Waals surface area contributed by atoms with Crippen molar-refractivity contribution in [2.75, 3.05) is 0 Å². The van der Waals surface area contributed by atoms with Crippen molar-refractivity contribution < 1.29 is 0 Å². The van der Waals surface area contributed by atoms with Crippen LogP contribution in [0.5, 0.6) is 0 Å². The molecule has 0 unspecified atom stereocenters. The molecule has 0 radical (unpaired) electrons. The van der Waals surface area contributed by atoms with Crippen LogP contribution in [0.2, 0.25) is 0 Å². The molecule has 0 aromatic carbocycles. The van der Waals surface area contributed by atoms with E-state index in [0.717, 1.165) is 22.6 Å². The van der Waals surface area contributed by atoms with Gasteiger partial charge >= 0.3 is 0 Å². The molecule has 5 heteroatoms. The van der Waals surface area contributed by atoms with Gasteiger partial charge in [-0.15, -0.1) is 10.2 Å². The lowest BCUT2D eigenvalue weighted by Gasteiger charge is -2.00. The minimum Gasteiger partial charge on any atom is -0.326 e.